The molecule has 1 aliphatic carbocycles. The van der Waals surface area contributed by atoms with Gasteiger partial charge in [0.25, 0.3) is 5.91 Å². The summed E-state index contributed by atoms with van der Waals surface area (Å²) < 4.78 is 5.49. The molecule has 4 fully saturated rings. The highest BCUT2D eigenvalue weighted by Gasteiger charge is 2.60. The van der Waals surface area contributed by atoms with Crippen molar-refractivity contribution in [3.8, 4) is 0 Å². The highest BCUT2D eigenvalue weighted by atomic mass is 16.3. The van der Waals surface area contributed by atoms with Crippen molar-refractivity contribution >= 4 is 17.0 Å². The maximum absolute atomic E-state index is 12.8. The van der Waals surface area contributed by atoms with Crippen molar-refractivity contribution in [3.63, 3.8) is 0 Å². The normalized spacial score (nSPS) is 30.7. The maximum atomic E-state index is 12.8. The Kier molecular flexibility index (Phi) is 2.69. The SMILES string of the molecule is Cc1nc2cc(C(=O)N[C@H]3C4CCN(CC4)C34CC4)ccc2o1. The molecule has 1 aromatic heterocycles. The minimum atomic E-state index is 0.0255. The van der Waals surface area contributed by atoms with E-state index < -0.39 is 0 Å². The average molecular weight is 311 g/mol. The second-order valence-electron chi connectivity index (χ2n) is 7.29. The Morgan fingerprint density at radius 1 is 1.35 bits per heavy atom. The van der Waals surface area contributed by atoms with Crippen LogP contribution in [0.15, 0.2) is 22.6 Å². The van der Waals surface area contributed by atoms with Gasteiger partial charge in [0.2, 0.25) is 0 Å². The van der Waals surface area contributed by atoms with Gasteiger partial charge in [0.1, 0.15) is 5.52 Å². The number of aromatic nitrogens is 1. The van der Waals surface area contributed by atoms with Crippen LogP contribution < -0.4 is 5.32 Å². The van der Waals surface area contributed by atoms with Gasteiger partial charge in [0.15, 0.2) is 11.5 Å². The number of benzene rings is 1. The predicted molar refractivity (Wildman–Crippen MR) is 86.3 cm³/mol. The summed E-state index contributed by atoms with van der Waals surface area (Å²) >= 11 is 0. The summed E-state index contributed by atoms with van der Waals surface area (Å²) in [5, 5.41) is 3.35. The Morgan fingerprint density at radius 2 is 2.13 bits per heavy atom. The maximum Gasteiger partial charge on any atom is 0.251 e. The van der Waals surface area contributed by atoms with E-state index in [0.717, 1.165) is 11.1 Å². The lowest BCUT2D eigenvalue weighted by atomic mass is 9.77. The minimum absolute atomic E-state index is 0.0255. The highest BCUT2D eigenvalue weighted by Crippen LogP contribution is 2.53. The first-order valence-corrected chi connectivity index (χ1v) is 8.59. The molecule has 3 saturated heterocycles. The molecule has 5 heteroatoms. The number of piperidine rings is 3. The summed E-state index contributed by atoms with van der Waals surface area (Å²) in [6, 6.07) is 5.83. The van der Waals surface area contributed by atoms with Gasteiger partial charge in [-0.05, 0) is 62.9 Å². The lowest BCUT2D eigenvalue weighted by molar-refractivity contribution is -0.00144. The highest BCUT2D eigenvalue weighted by molar-refractivity contribution is 5.97. The van der Waals surface area contributed by atoms with Crippen LogP contribution in [0.5, 0.6) is 0 Å². The van der Waals surface area contributed by atoms with Crippen molar-refractivity contribution in [3.05, 3.63) is 29.7 Å². The van der Waals surface area contributed by atoms with Crippen molar-refractivity contribution in [1.29, 1.82) is 0 Å². The first kappa shape index (κ1) is 13.5. The fraction of sp³-hybridized carbons (Fsp3) is 0.556. The predicted octanol–water partition coefficient (Wildman–Crippen LogP) is 2.49. The van der Waals surface area contributed by atoms with Crippen LogP contribution >= 0.6 is 0 Å². The molecule has 4 aliphatic rings. The van der Waals surface area contributed by atoms with Crippen LogP contribution in [0, 0.1) is 12.8 Å². The van der Waals surface area contributed by atoms with E-state index in [9.17, 15) is 4.79 Å². The van der Waals surface area contributed by atoms with Crippen LogP contribution in [0.1, 0.15) is 41.9 Å². The van der Waals surface area contributed by atoms with Gasteiger partial charge in [0.05, 0.1) is 6.04 Å². The largest absolute Gasteiger partial charge is 0.441 e. The van der Waals surface area contributed by atoms with E-state index in [-0.39, 0.29) is 11.4 Å². The van der Waals surface area contributed by atoms with Gasteiger partial charge < -0.3 is 9.73 Å². The summed E-state index contributed by atoms with van der Waals surface area (Å²) in [5.74, 6) is 1.30. The molecule has 1 spiro atoms. The molecule has 1 N–H and O–H groups in total. The summed E-state index contributed by atoms with van der Waals surface area (Å²) in [7, 11) is 0. The molecule has 5 nitrogen and oxygen atoms in total. The topological polar surface area (TPSA) is 58.4 Å². The Labute approximate surface area is 135 Å². The zero-order valence-electron chi connectivity index (χ0n) is 13.3. The molecule has 0 radical (unpaired) electrons. The standard InChI is InChI=1S/C18H21N3O2/c1-11-19-14-10-13(2-3-15(14)23-11)17(22)20-16-12-4-8-21(9-5-12)18(16)6-7-18/h2-3,10,12,16H,4-9H2,1H3,(H,20,22)/t16-/m0/s1. The zero-order chi connectivity index (χ0) is 15.6. The number of hydrogen-bond acceptors (Lipinski definition) is 4. The molecule has 2 bridgehead atoms. The van der Waals surface area contributed by atoms with Crippen LogP contribution in [0.4, 0.5) is 0 Å². The number of aryl methyl sites for hydroxylation is 1. The molecule has 1 atom stereocenters. The summed E-state index contributed by atoms with van der Waals surface area (Å²) in [4.78, 5) is 19.7. The number of nitrogens with zero attached hydrogens (tertiary/aromatic N) is 2. The molecule has 1 saturated carbocycles. The molecule has 3 aliphatic heterocycles. The lowest BCUT2D eigenvalue weighted by Crippen LogP contribution is -2.65. The van der Waals surface area contributed by atoms with E-state index in [1.54, 1.807) is 0 Å². The van der Waals surface area contributed by atoms with Gasteiger partial charge in [-0.25, -0.2) is 4.98 Å². The summed E-state index contributed by atoms with van der Waals surface area (Å²) in [6.07, 6.45) is 4.90. The molecule has 4 heterocycles. The Bertz CT molecular complexity index is 785. The van der Waals surface area contributed by atoms with E-state index >= 15 is 0 Å². The van der Waals surface area contributed by atoms with E-state index in [2.05, 4.69) is 15.2 Å². The molecule has 0 unspecified atom stereocenters. The Balaban J connectivity index is 1.42. The second kappa shape index (κ2) is 4.57. The van der Waals surface area contributed by atoms with Crippen LogP contribution in [-0.2, 0) is 0 Å². The van der Waals surface area contributed by atoms with Crippen LogP contribution in [0.25, 0.3) is 11.1 Å². The first-order valence-electron chi connectivity index (χ1n) is 8.59. The molecule has 1 amide bonds. The van der Waals surface area contributed by atoms with Gasteiger partial charge in [0, 0.05) is 18.0 Å². The zero-order valence-corrected chi connectivity index (χ0v) is 13.3. The van der Waals surface area contributed by atoms with Gasteiger partial charge in [-0.1, -0.05) is 0 Å². The van der Waals surface area contributed by atoms with Crippen LogP contribution in [0.2, 0.25) is 0 Å². The third kappa shape index (κ3) is 1.96. The van der Waals surface area contributed by atoms with E-state index in [0.29, 0.717) is 23.4 Å². The number of nitrogens with one attached hydrogen (secondary N) is 1. The Morgan fingerprint density at radius 3 is 2.87 bits per heavy atom. The van der Waals surface area contributed by atoms with Gasteiger partial charge in [-0.2, -0.15) is 0 Å². The van der Waals surface area contributed by atoms with Crippen molar-refractivity contribution in [2.45, 2.75) is 44.2 Å². The molecule has 120 valence electrons. The molecule has 23 heavy (non-hydrogen) atoms. The molecule has 2 aromatic rings. The number of carbonyl (C=O) groups excluding carboxylic acids is 1. The van der Waals surface area contributed by atoms with E-state index in [4.69, 9.17) is 4.42 Å². The fourth-order valence-corrected chi connectivity index (χ4v) is 4.73. The number of rotatable bonds is 2. The number of carbonyl (C=O) groups is 1. The number of fused-ring (bicyclic) bond motifs is 3. The smallest absolute Gasteiger partial charge is 0.251 e. The third-order valence-electron chi connectivity index (χ3n) is 6.03. The summed E-state index contributed by atoms with van der Waals surface area (Å²) in [5.41, 5.74) is 2.44. The van der Waals surface area contributed by atoms with E-state index in [1.807, 2.05) is 25.1 Å². The van der Waals surface area contributed by atoms with Gasteiger partial charge in [-0.3, -0.25) is 9.69 Å². The van der Waals surface area contributed by atoms with Crippen LogP contribution in [-0.4, -0.2) is 40.5 Å². The minimum Gasteiger partial charge on any atom is -0.441 e. The molecule has 1 aromatic carbocycles. The van der Waals surface area contributed by atoms with E-state index in [1.165, 1.54) is 38.8 Å². The van der Waals surface area contributed by atoms with Crippen molar-refractivity contribution in [2.75, 3.05) is 13.1 Å². The van der Waals surface area contributed by atoms with Crippen LogP contribution in [0.3, 0.4) is 0 Å². The van der Waals surface area contributed by atoms with Crippen molar-refractivity contribution < 1.29 is 9.21 Å². The summed E-state index contributed by atoms with van der Waals surface area (Å²) in [6.45, 7) is 4.24. The third-order valence-corrected chi connectivity index (χ3v) is 6.03. The number of hydrogen-bond donors (Lipinski definition) is 1. The second-order valence-corrected chi connectivity index (χ2v) is 7.29. The molecular weight excluding hydrogens is 290 g/mol. The van der Waals surface area contributed by atoms with Gasteiger partial charge in [-0.15, -0.1) is 0 Å². The number of amides is 1. The average Bonchev–Trinajstić information content (AvgIpc) is 3.24. The molecule has 6 rings (SSSR count). The first-order chi connectivity index (χ1) is 11.2. The van der Waals surface area contributed by atoms with Crippen molar-refractivity contribution in [1.82, 2.24) is 15.2 Å². The lowest BCUT2D eigenvalue weighted by Gasteiger charge is -2.52. The van der Waals surface area contributed by atoms with Gasteiger partial charge >= 0.3 is 0 Å². The van der Waals surface area contributed by atoms with Crippen molar-refractivity contribution in [2.24, 2.45) is 5.92 Å². The monoisotopic (exact) mass is 311 g/mol. The quantitative estimate of drug-likeness (QED) is 0.926. The fourth-order valence-electron chi connectivity index (χ4n) is 4.73. The Hall–Kier alpha value is -1.88. The molecular formula is C18H21N3O2. The number of oxazole rings is 1.